The molecule has 4 heteroatoms. The molecule has 0 radical (unpaired) electrons. The SMILES string of the molecule is FC(F)C(c1ccc(Cl)cc1)c1ccccc1Cl. The summed E-state index contributed by atoms with van der Waals surface area (Å²) in [7, 11) is 0. The fourth-order valence-electron chi connectivity index (χ4n) is 1.86. The van der Waals surface area contributed by atoms with E-state index in [0.29, 0.717) is 21.2 Å². The first-order valence-corrected chi connectivity index (χ1v) is 6.13. The average Bonchev–Trinajstić information content (AvgIpc) is 2.34. The van der Waals surface area contributed by atoms with Gasteiger partial charge in [-0.1, -0.05) is 53.5 Å². The molecule has 2 aromatic carbocycles. The molecule has 1 unspecified atom stereocenters. The Morgan fingerprint density at radius 1 is 0.833 bits per heavy atom. The molecular formula is C14H10Cl2F2. The fourth-order valence-corrected chi connectivity index (χ4v) is 2.24. The van der Waals surface area contributed by atoms with Crippen molar-refractivity contribution in [2.24, 2.45) is 0 Å². The van der Waals surface area contributed by atoms with Gasteiger partial charge >= 0.3 is 0 Å². The summed E-state index contributed by atoms with van der Waals surface area (Å²) in [6.45, 7) is 0. The van der Waals surface area contributed by atoms with Crippen LogP contribution in [0, 0.1) is 0 Å². The summed E-state index contributed by atoms with van der Waals surface area (Å²) < 4.78 is 26.5. The van der Waals surface area contributed by atoms with Crippen molar-refractivity contribution in [2.45, 2.75) is 12.3 Å². The quantitative estimate of drug-likeness (QED) is 0.710. The molecule has 2 aromatic rings. The molecule has 0 aromatic heterocycles. The second-order valence-electron chi connectivity index (χ2n) is 3.89. The average molecular weight is 287 g/mol. The van der Waals surface area contributed by atoms with Crippen LogP contribution in [0.15, 0.2) is 48.5 Å². The van der Waals surface area contributed by atoms with Gasteiger partial charge < -0.3 is 0 Å². The number of halogens is 4. The summed E-state index contributed by atoms with van der Waals surface area (Å²) in [4.78, 5) is 0. The van der Waals surface area contributed by atoms with Crippen LogP contribution in [0.4, 0.5) is 8.78 Å². The summed E-state index contributed by atoms with van der Waals surface area (Å²) in [5.74, 6) is -1.03. The molecule has 0 fully saturated rings. The maximum Gasteiger partial charge on any atom is 0.249 e. The van der Waals surface area contributed by atoms with Gasteiger partial charge in [0.15, 0.2) is 0 Å². The number of hydrogen-bond donors (Lipinski definition) is 0. The van der Waals surface area contributed by atoms with Crippen molar-refractivity contribution in [1.29, 1.82) is 0 Å². The van der Waals surface area contributed by atoms with E-state index >= 15 is 0 Å². The Bertz CT molecular complexity index is 524. The van der Waals surface area contributed by atoms with Crippen molar-refractivity contribution in [3.63, 3.8) is 0 Å². The molecule has 0 N–H and O–H groups in total. The van der Waals surface area contributed by atoms with Crippen LogP contribution in [0.5, 0.6) is 0 Å². The lowest BCUT2D eigenvalue weighted by Crippen LogP contribution is -2.11. The van der Waals surface area contributed by atoms with Gasteiger partial charge in [0, 0.05) is 10.0 Å². The van der Waals surface area contributed by atoms with Crippen LogP contribution in [0.25, 0.3) is 0 Å². The standard InChI is InChI=1S/C14H10Cl2F2/c15-10-7-5-9(6-8-10)13(14(17)18)11-3-1-2-4-12(11)16/h1-8,13-14H. The van der Waals surface area contributed by atoms with E-state index in [-0.39, 0.29) is 0 Å². The minimum atomic E-state index is -2.52. The monoisotopic (exact) mass is 286 g/mol. The number of hydrogen-bond acceptors (Lipinski definition) is 0. The summed E-state index contributed by atoms with van der Waals surface area (Å²) in [6.07, 6.45) is -2.52. The molecule has 0 aliphatic heterocycles. The van der Waals surface area contributed by atoms with Crippen LogP contribution < -0.4 is 0 Å². The zero-order valence-corrected chi connectivity index (χ0v) is 10.8. The first-order chi connectivity index (χ1) is 8.59. The van der Waals surface area contributed by atoms with Gasteiger partial charge in [-0.15, -0.1) is 0 Å². The number of rotatable bonds is 3. The highest BCUT2D eigenvalue weighted by Crippen LogP contribution is 2.35. The van der Waals surface area contributed by atoms with Crippen molar-refractivity contribution >= 4 is 23.2 Å². The maximum atomic E-state index is 13.3. The molecular weight excluding hydrogens is 277 g/mol. The molecule has 0 spiro atoms. The lowest BCUT2D eigenvalue weighted by molar-refractivity contribution is 0.129. The van der Waals surface area contributed by atoms with E-state index in [9.17, 15) is 8.78 Å². The van der Waals surface area contributed by atoms with E-state index in [4.69, 9.17) is 23.2 Å². The number of benzene rings is 2. The summed E-state index contributed by atoms with van der Waals surface area (Å²) >= 11 is 11.7. The van der Waals surface area contributed by atoms with Crippen molar-refractivity contribution in [2.75, 3.05) is 0 Å². The number of alkyl halides is 2. The Morgan fingerprint density at radius 3 is 2.00 bits per heavy atom. The Balaban J connectivity index is 2.47. The van der Waals surface area contributed by atoms with Crippen LogP contribution in [0.3, 0.4) is 0 Å². The molecule has 94 valence electrons. The third kappa shape index (κ3) is 2.82. The van der Waals surface area contributed by atoms with Crippen LogP contribution >= 0.6 is 23.2 Å². The van der Waals surface area contributed by atoms with Crippen LogP contribution in [-0.2, 0) is 0 Å². The first-order valence-electron chi connectivity index (χ1n) is 5.37. The van der Waals surface area contributed by atoms with Crippen LogP contribution in [0.1, 0.15) is 17.0 Å². The lowest BCUT2D eigenvalue weighted by Gasteiger charge is -2.18. The highest BCUT2D eigenvalue weighted by Gasteiger charge is 2.26. The van der Waals surface area contributed by atoms with Gasteiger partial charge in [0.1, 0.15) is 0 Å². The highest BCUT2D eigenvalue weighted by atomic mass is 35.5. The second kappa shape index (κ2) is 5.68. The Labute approximate surface area is 114 Å². The Hall–Kier alpha value is -1.12. The lowest BCUT2D eigenvalue weighted by atomic mass is 9.92. The molecule has 0 aliphatic rings. The summed E-state index contributed by atoms with van der Waals surface area (Å²) in [6, 6.07) is 13.1. The van der Waals surface area contributed by atoms with E-state index in [1.165, 1.54) is 0 Å². The molecule has 0 amide bonds. The summed E-state index contributed by atoms with van der Waals surface area (Å²) in [5, 5.41) is 0.865. The van der Waals surface area contributed by atoms with Crippen LogP contribution in [0.2, 0.25) is 10.0 Å². The molecule has 0 aliphatic carbocycles. The molecule has 0 heterocycles. The van der Waals surface area contributed by atoms with Gasteiger partial charge in [-0.25, -0.2) is 8.78 Å². The van der Waals surface area contributed by atoms with Gasteiger partial charge in [-0.2, -0.15) is 0 Å². The smallest absolute Gasteiger partial charge is 0.209 e. The predicted molar refractivity (Wildman–Crippen MR) is 70.8 cm³/mol. The van der Waals surface area contributed by atoms with Gasteiger partial charge in [0.2, 0.25) is 6.43 Å². The van der Waals surface area contributed by atoms with Crippen molar-refractivity contribution in [3.8, 4) is 0 Å². The van der Waals surface area contributed by atoms with Crippen molar-refractivity contribution in [1.82, 2.24) is 0 Å². The highest BCUT2D eigenvalue weighted by molar-refractivity contribution is 6.31. The van der Waals surface area contributed by atoms with Crippen molar-refractivity contribution in [3.05, 3.63) is 69.7 Å². The van der Waals surface area contributed by atoms with Gasteiger partial charge in [-0.3, -0.25) is 0 Å². The van der Waals surface area contributed by atoms with Crippen LogP contribution in [-0.4, -0.2) is 6.43 Å². The zero-order valence-electron chi connectivity index (χ0n) is 9.29. The second-order valence-corrected chi connectivity index (χ2v) is 4.73. The Morgan fingerprint density at radius 2 is 1.44 bits per heavy atom. The molecule has 0 nitrogen and oxygen atoms in total. The molecule has 0 saturated heterocycles. The maximum absolute atomic E-state index is 13.3. The zero-order chi connectivity index (χ0) is 13.1. The Kier molecular flexibility index (Phi) is 4.20. The third-order valence-electron chi connectivity index (χ3n) is 2.72. The van der Waals surface area contributed by atoms with Gasteiger partial charge in [0.05, 0.1) is 5.92 Å². The van der Waals surface area contributed by atoms with Gasteiger partial charge in [-0.05, 0) is 29.3 Å². The van der Waals surface area contributed by atoms with E-state index in [1.807, 2.05) is 0 Å². The predicted octanol–water partition coefficient (Wildman–Crippen LogP) is 5.39. The largest absolute Gasteiger partial charge is 0.249 e. The van der Waals surface area contributed by atoms with Crippen molar-refractivity contribution < 1.29 is 8.78 Å². The summed E-state index contributed by atoms with van der Waals surface area (Å²) in [5.41, 5.74) is 0.930. The van der Waals surface area contributed by atoms with E-state index in [2.05, 4.69) is 0 Å². The fraction of sp³-hybridized carbons (Fsp3) is 0.143. The molecule has 0 saturated carbocycles. The van der Waals surface area contributed by atoms with E-state index in [1.54, 1.807) is 48.5 Å². The molecule has 2 rings (SSSR count). The minimum absolute atomic E-state index is 0.345. The minimum Gasteiger partial charge on any atom is -0.209 e. The van der Waals surface area contributed by atoms with E-state index < -0.39 is 12.3 Å². The van der Waals surface area contributed by atoms with Gasteiger partial charge in [0.25, 0.3) is 0 Å². The third-order valence-corrected chi connectivity index (χ3v) is 3.32. The first kappa shape index (κ1) is 13.3. The molecule has 0 bridgehead atoms. The van der Waals surface area contributed by atoms with E-state index in [0.717, 1.165) is 0 Å². The molecule has 1 atom stereocenters. The normalized spacial score (nSPS) is 12.7. The molecule has 18 heavy (non-hydrogen) atoms. The topological polar surface area (TPSA) is 0 Å².